The van der Waals surface area contributed by atoms with Gasteiger partial charge in [-0.25, -0.2) is 9.97 Å². The molecule has 0 N–H and O–H groups in total. The van der Waals surface area contributed by atoms with Crippen LogP contribution in [0, 0.1) is 22.7 Å². The highest BCUT2D eigenvalue weighted by Crippen LogP contribution is 2.41. The van der Waals surface area contributed by atoms with Gasteiger partial charge in [0.15, 0.2) is 5.82 Å². The van der Waals surface area contributed by atoms with Crippen molar-refractivity contribution in [3.63, 3.8) is 0 Å². The number of benzene rings is 11. The van der Waals surface area contributed by atoms with Crippen LogP contribution in [0.1, 0.15) is 11.1 Å². The molecular formula is C72H43N7. The van der Waals surface area contributed by atoms with Crippen LogP contribution in [0.3, 0.4) is 0 Å². The first-order valence-corrected chi connectivity index (χ1v) is 26.3. The molecule has 7 nitrogen and oxygen atoms in total. The average molecular weight is 1010 g/mol. The normalized spacial score (nSPS) is 11.5. The van der Waals surface area contributed by atoms with Crippen LogP contribution < -0.4 is 0 Å². The number of nitrogens with zero attached hydrogens (tertiary/aromatic N) is 7. The first-order valence-electron chi connectivity index (χ1n) is 26.3. The van der Waals surface area contributed by atoms with Gasteiger partial charge in [-0.3, -0.25) is 0 Å². The SMILES string of the molecule is N#Cc1cc(-c2ccc(-c3ccc(-n4c5ccc(-n6c7ccccc7c7ccccc76)cc5c5cc(-n6c7ccccc7c7ccccc76)ccc54)cc3)cc2)cc(C#N)c1-c1cc(-c2ccccc2)nc(-c2ccccc2)n1. The Morgan fingerprint density at radius 2 is 0.620 bits per heavy atom. The van der Waals surface area contributed by atoms with Gasteiger partial charge in [-0.05, 0) is 113 Å². The summed E-state index contributed by atoms with van der Waals surface area (Å²) in [5.41, 5.74) is 18.1. The van der Waals surface area contributed by atoms with Crippen molar-refractivity contribution in [3.8, 4) is 85.4 Å². The van der Waals surface area contributed by atoms with Crippen LogP contribution in [0.25, 0.3) is 139 Å². The number of fused-ring (bicyclic) bond motifs is 9. The summed E-state index contributed by atoms with van der Waals surface area (Å²) in [4.78, 5) is 9.88. The van der Waals surface area contributed by atoms with Gasteiger partial charge in [0.1, 0.15) is 0 Å². The topological polar surface area (TPSA) is 88.1 Å². The molecule has 4 heterocycles. The first kappa shape index (κ1) is 45.3. The van der Waals surface area contributed by atoms with Crippen molar-refractivity contribution >= 4 is 65.4 Å². The first-order chi connectivity index (χ1) is 39.1. The van der Waals surface area contributed by atoms with E-state index >= 15 is 0 Å². The van der Waals surface area contributed by atoms with E-state index in [9.17, 15) is 10.5 Å². The van der Waals surface area contributed by atoms with E-state index in [1.54, 1.807) is 0 Å². The number of hydrogen-bond donors (Lipinski definition) is 0. The highest BCUT2D eigenvalue weighted by atomic mass is 15.0. The highest BCUT2D eigenvalue weighted by molar-refractivity contribution is 6.14. The molecule has 7 heteroatoms. The predicted molar refractivity (Wildman–Crippen MR) is 322 cm³/mol. The minimum Gasteiger partial charge on any atom is -0.309 e. The Balaban J connectivity index is 0.812. The second-order valence-electron chi connectivity index (χ2n) is 20.0. The average Bonchev–Trinajstić information content (AvgIpc) is 4.26. The Labute approximate surface area is 454 Å². The molecule has 4 aromatic heterocycles. The molecule has 0 fully saturated rings. The van der Waals surface area contributed by atoms with Gasteiger partial charge in [-0.1, -0.05) is 170 Å². The molecule has 0 saturated heterocycles. The van der Waals surface area contributed by atoms with E-state index in [2.05, 4.69) is 208 Å². The Hall–Kier alpha value is -11.1. The van der Waals surface area contributed by atoms with Crippen molar-refractivity contribution in [2.45, 2.75) is 0 Å². The zero-order valence-corrected chi connectivity index (χ0v) is 42.5. The molecule has 11 aromatic carbocycles. The van der Waals surface area contributed by atoms with Gasteiger partial charge in [-0.15, -0.1) is 0 Å². The molecule has 0 aliphatic carbocycles. The lowest BCUT2D eigenvalue weighted by atomic mass is 9.92. The van der Waals surface area contributed by atoms with Crippen molar-refractivity contribution in [1.82, 2.24) is 23.7 Å². The second-order valence-corrected chi connectivity index (χ2v) is 20.0. The molecule has 0 spiro atoms. The summed E-state index contributed by atoms with van der Waals surface area (Å²) in [6, 6.07) is 95.7. The Morgan fingerprint density at radius 1 is 0.266 bits per heavy atom. The molecule has 0 atom stereocenters. The maximum atomic E-state index is 10.7. The lowest BCUT2D eigenvalue weighted by Crippen LogP contribution is -1.99. The van der Waals surface area contributed by atoms with Crippen molar-refractivity contribution in [1.29, 1.82) is 10.5 Å². The van der Waals surface area contributed by atoms with Crippen LogP contribution in [0.4, 0.5) is 0 Å². The Kier molecular flexibility index (Phi) is 10.5. The van der Waals surface area contributed by atoms with Crippen LogP contribution in [0.15, 0.2) is 261 Å². The molecule has 0 aliphatic heterocycles. The molecular weight excluding hydrogens is 963 g/mol. The summed E-state index contributed by atoms with van der Waals surface area (Å²) in [6.45, 7) is 0. The smallest absolute Gasteiger partial charge is 0.160 e. The zero-order valence-electron chi connectivity index (χ0n) is 42.5. The minimum atomic E-state index is 0.362. The summed E-state index contributed by atoms with van der Waals surface area (Å²) in [7, 11) is 0. The van der Waals surface area contributed by atoms with Gasteiger partial charge in [-0.2, -0.15) is 10.5 Å². The summed E-state index contributed by atoms with van der Waals surface area (Å²) in [5.74, 6) is 0.516. The third-order valence-corrected chi connectivity index (χ3v) is 15.5. The number of hydrogen-bond acceptors (Lipinski definition) is 4. The molecule has 0 aliphatic rings. The van der Waals surface area contributed by atoms with Gasteiger partial charge >= 0.3 is 0 Å². The monoisotopic (exact) mass is 1010 g/mol. The van der Waals surface area contributed by atoms with Crippen LogP contribution >= 0.6 is 0 Å². The highest BCUT2D eigenvalue weighted by Gasteiger charge is 2.21. The van der Waals surface area contributed by atoms with Crippen LogP contribution in [-0.2, 0) is 0 Å². The van der Waals surface area contributed by atoms with E-state index in [-0.39, 0.29) is 0 Å². The van der Waals surface area contributed by atoms with E-state index < -0.39 is 0 Å². The van der Waals surface area contributed by atoms with E-state index in [0.717, 1.165) is 72.2 Å². The second kappa shape index (κ2) is 18.3. The molecule has 0 bridgehead atoms. The number of rotatable bonds is 8. The fraction of sp³-hybridized carbons (Fsp3) is 0. The van der Waals surface area contributed by atoms with Gasteiger partial charge in [0, 0.05) is 66.1 Å². The molecule has 0 unspecified atom stereocenters. The van der Waals surface area contributed by atoms with Crippen LogP contribution in [-0.4, -0.2) is 23.7 Å². The lowest BCUT2D eigenvalue weighted by molar-refractivity contribution is 1.16. The van der Waals surface area contributed by atoms with Crippen molar-refractivity contribution < 1.29 is 0 Å². The number of nitriles is 2. The van der Waals surface area contributed by atoms with Crippen molar-refractivity contribution in [2.24, 2.45) is 0 Å². The largest absolute Gasteiger partial charge is 0.309 e. The van der Waals surface area contributed by atoms with Gasteiger partial charge in [0.2, 0.25) is 0 Å². The maximum Gasteiger partial charge on any atom is 0.160 e. The zero-order chi connectivity index (χ0) is 52.6. The molecule has 79 heavy (non-hydrogen) atoms. The Morgan fingerprint density at radius 3 is 1.08 bits per heavy atom. The fourth-order valence-electron chi connectivity index (χ4n) is 11.9. The third-order valence-electron chi connectivity index (χ3n) is 15.5. The summed E-state index contributed by atoms with van der Waals surface area (Å²) < 4.78 is 7.18. The van der Waals surface area contributed by atoms with Gasteiger partial charge < -0.3 is 13.7 Å². The third kappa shape index (κ3) is 7.41. The van der Waals surface area contributed by atoms with Gasteiger partial charge in [0.05, 0.1) is 67.8 Å². The number of aromatic nitrogens is 5. The van der Waals surface area contributed by atoms with E-state index in [4.69, 9.17) is 9.97 Å². The van der Waals surface area contributed by atoms with Crippen LogP contribution in [0.5, 0.6) is 0 Å². The van der Waals surface area contributed by atoms with E-state index in [1.165, 1.54) is 43.6 Å². The fourth-order valence-corrected chi connectivity index (χ4v) is 11.9. The molecule has 15 aromatic rings. The molecule has 0 radical (unpaired) electrons. The Bertz CT molecular complexity index is 4640. The standard InChI is InChI=1S/C72H43N7/c73-44-52-39-51(40-53(45-74)71(52)64-43-63(49-15-3-1-4-16-49)75-72(76-64)50-17-5-2-6-18-50)48-29-27-46(28-30-48)47-31-33-54(34-32-47)77-69-37-35-55(78-65-23-11-7-19-57(65)58-20-8-12-24-66(58)78)41-61(69)62-42-56(36-38-70(62)77)79-67-25-13-9-21-59(67)60-22-10-14-26-68(60)79/h1-43H. The van der Waals surface area contributed by atoms with E-state index in [0.29, 0.717) is 33.9 Å². The quantitative estimate of drug-likeness (QED) is 0.152. The lowest BCUT2D eigenvalue weighted by Gasteiger charge is -2.13. The van der Waals surface area contributed by atoms with Crippen molar-refractivity contribution in [2.75, 3.05) is 0 Å². The van der Waals surface area contributed by atoms with Crippen LogP contribution in [0.2, 0.25) is 0 Å². The summed E-state index contributed by atoms with van der Waals surface area (Å²) in [6.07, 6.45) is 0. The maximum absolute atomic E-state index is 10.7. The van der Waals surface area contributed by atoms with Crippen molar-refractivity contribution in [3.05, 3.63) is 272 Å². The van der Waals surface area contributed by atoms with E-state index in [1.807, 2.05) is 78.9 Å². The summed E-state index contributed by atoms with van der Waals surface area (Å²) in [5, 5.41) is 28.6. The molecule has 366 valence electrons. The molecule has 0 amide bonds. The molecule has 0 saturated carbocycles. The van der Waals surface area contributed by atoms with Gasteiger partial charge in [0.25, 0.3) is 0 Å². The number of para-hydroxylation sites is 4. The minimum absolute atomic E-state index is 0.362. The summed E-state index contributed by atoms with van der Waals surface area (Å²) >= 11 is 0. The predicted octanol–water partition coefficient (Wildman–Crippen LogP) is 17.8. The molecule has 15 rings (SSSR count).